The molecule has 275 valence electrons. The van der Waals surface area contributed by atoms with Crippen molar-refractivity contribution in [3.05, 3.63) is 70.4 Å². The van der Waals surface area contributed by atoms with E-state index in [0.29, 0.717) is 5.92 Å². The van der Waals surface area contributed by atoms with E-state index >= 15 is 0 Å². The van der Waals surface area contributed by atoms with Crippen molar-refractivity contribution in [2.45, 2.75) is 114 Å². The molecule has 6 aromatic rings. The first kappa shape index (κ1) is 41.3. The fourth-order valence-corrected chi connectivity index (χ4v) is 9.97. The minimum absolute atomic E-state index is 0. The third kappa shape index (κ3) is 8.36. The molecule has 0 aliphatic rings. The van der Waals surface area contributed by atoms with Crippen LogP contribution in [0.15, 0.2) is 53.9 Å². The Morgan fingerprint density at radius 3 is 2.14 bits per heavy atom. The van der Waals surface area contributed by atoms with Crippen LogP contribution in [0.4, 0.5) is 0 Å². The van der Waals surface area contributed by atoms with Crippen LogP contribution in [0.2, 0.25) is 0 Å². The molecule has 1 radical (unpaired) electrons. The number of hydrogen-bond acceptors (Lipinski definition) is 7. The Kier molecular flexibility index (Phi) is 13.2. The minimum atomic E-state index is -0.337. The molecule has 4 aromatic heterocycles. The molecule has 51 heavy (non-hydrogen) atoms. The van der Waals surface area contributed by atoms with E-state index in [1.807, 2.05) is 64.2 Å². The number of benzene rings is 2. The topological polar surface area (TPSA) is 63.1 Å². The van der Waals surface area contributed by atoms with Crippen molar-refractivity contribution in [1.82, 2.24) is 9.97 Å². The molecule has 0 amide bonds. The Morgan fingerprint density at radius 1 is 0.863 bits per heavy atom. The molecule has 0 fully saturated rings. The zero-order valence-corrected chi connectivity index (χ0v) is 36.9. The molecule has 0 aliphatic heterocycles. The summed E-state index contributed by atoms with van der Waals surface area (Å²) in [7, 11) is 0. The third-order valence-corrected chi connectivity index (χ3v) is 14.0. The molecule has 0 atom stereocenters. The normalized spacial score (nSPS) is 12.9. The first-order valence-corrected chi connectivity index (χ1v) is 20.6. The molecule has 0 aliphatic carbocycles. The fourth-order valence-electron chi connectivity index (χ4n) is 6.27. The van der Waals surface area contributed by atoms with Crippen LogP contribution in [0.5, 0.6) is 0 Å². The Labute approximate surface area is 330 Å². The third-order valence-electron chi connectivity index (χ3n) is 10.7. The summed E-state index contributed by atoms with van der Waals surface area (Å²) >= 11 is 5.55. The van der Waals surface area contributed by atoms with Crippen molar-refractivity contribution >= 4 is 80.3 Å². The van der Waals surface area contributed by atoms with Crippen LogP contribution in [0.3, 0.4) is 0 Å². The molecule has 0 spiro atoms. The van der Waals surface area contributed by atoms with E-state index in [9.17, 15) is 9.90 Å². The molecule has 0 saturated carbocycles. The molecule has 0 unspecified atom stereocenters. The van der Waals surface area contributed by atoms with Gasteiger partial charge >= 0.3 is 0 Å². The van der Waals surface area contributed by atoms with Gasteiger partial charge in [0.1, 0.15) is 12.1 Å². The molecule has 6 rings (SSSR count). The Hall–Kier alpha value is -2.48. The van der Waals surface area contributed by atoms with Gasteiger partial charge in [-0.05, 0) is 71.7 Å². The SMILES string of the molecule is CC(C)Cc1cc2c(ccc3c4ncnc(-c5[c-]c6ccsc6c(C(C)(C)C)c5)c4sc23)s1.CCC(C)(CC)C(=O)/C=C(\O)C(C)(CC)CC.[Ir]. The van der Waals surface area contributed by atoms with Gasteiger partial charge in [0.15, 0.2) is 5.78 Å². The summed E-state index contributed by atoms with van der Waals surface area (Å²) in [4.78, 5) is 23.2. The minimum Gasteiger partial charge on any atom is -0.512 e. The number of aliphatic hydroxyl groups is 1. The number of fused-ring (bicyclic) bond motifs is 6. The average Bonchev–Trinajstić information content (AvgIpc) is 3.82. The molecule has 2 aromatic carbocycles. The van der Waals surface area contributed by atoms with Crippen molar-refractivity contribution in [1.29, 1.82) is 0 Å². The predicted molar refractivity (Wildman–Crippen MR) is 220 cm³/mol. The quantitative estimate of drug-likeness (QED) is 0.0845. The van der Waals surface area contributed by atoms with Gasteiger partial charge in [0, 0.05) is 72.5 Å². The van der Waals surface area contributed by atoms with E-state index in [4.69, 9.17) is 9.97 Å². The second kappa shape index (κ2) is 16.3. The van der Waals surface area contributed by atoms with Crippen LogP contribution in [0, 0.1) is 22.8 Å². The van der Waals surface area contributed by atoms with E-state index in [2.05, 4.69) is 76.4 Å². The zero-order chi connectivity index (χ0) is 36.6. The van der Waals surface area contributed by atoms with Crippen molar-refractivity contribution < 1.29 is 30.0 Å². The summed E-state index contributed by atoms with van der Waals surface area (Å²) in [5.74, 6) is 0.946. The van der Waals surface area contributed by atoms with Crippen molar-refractivity contribution in [2.75, 3.05) is 0 Å². The van der Waals surface area contributed by atoms with Gasteiger partial charge in [0.25, 0.3) is 0 Å². The smallest absolute Gasteiger partial charge is 0.164 e. The van der Waals surface area contributed by atoms with Gasteiger partial charge in [0.05, 0.1) is 5.52 Å². The van der Waals surface area contributed by atoms with E-state index in [1.54, 1.807) is 17.7 Å². The molecule has 4 nitrogen and oxygen atoms in total. The van der Waals surface area contributed by atoms with Crippen LogP contribution in [0.1, 0.15) is 112 Å². The summed E-state index contributed by atoms with van der Waals surface area (Å²) < 4.78 is 5.16. The number of rotatable bonds is 10. The first-order valence-electron chi connectivity index (χ1n) is 18.1. The zero-order valence-electron chi connectivity index (χ0n) is 32.0. The molecule has 0 bridgehead atoms. The van der Waals surface area contributed by atoms with Gasteiger partial charge in [-0.3, -0.25) is 9.78 Å². The molecule has 1 N–H and O–H groups in total. The Morgan fingerprint density at radius 2 is 1.53 bits per heavy atom. The van der Waals surface area contributed by atoms with Gasteiger partial charge in [-0.1, -0.05) is 87.3 Å². The summed E-state index contributed by atoms with van der Waals surface area (Å²) in [6, 6.07) is 15.0. The van der Waals surface area contributed by atoms with Crippen LogP contribution in [-0.4, -0.2) is 20.9 Å². The largest absolute Gasteiger partial charge is 0.512 e. The summed E-state index contributed by atoms with van der Waals surface area (Å²) in [6.45, 7) is 23.5. The summed E-state index contributed by atoms with van der Waals surface area (Å²) in [6.07, 6.45) is 7.60. The fraction of sp³-hybridized carbons (Fsp3) is 0.465. The van der Waals surface area contributed by atoms with E-state index in [1.165, 1.54) is 46.8 Å². The molecule has 8 heteroatoms. The maximum Gasteiger partial charge on any atom is 0.164 e. The number of nitrogens with zero attached hydrogens (tertiary/aromatic N) is 2. The van der Waals surface area contributed by atoms with Gasteiger partial charge < -0.3 is 5.11 Å². The van der Waals surface area contributed by atoms with Crippen molar-refractivity contribution in [3.8, 4) is 11.3 Å². The number of carbonyl (C=O) groups excluding carboxylic acids is 1. The van der Waals surface area contributed by atoms with Gasteiger partial charge in [-0.2, -0.15) is 11.3 Å². The predicted octanol–water partition coefficient (Wildman–Crippen LogP) is 13.9. The van der Waals surface area contributed by atoms with Gasteiger partial charge in [-0.15, -0.1) is 46.3 Å². The molecule has 0 saturated heterocycles. The number of thiophene rings is 3. The molecular weight excluding hydrogens is 865 g/mol. The number of hydrogen-bond donors (Lipinski definition) is 1. The van der Waals surface area contributed by atoms with Crippen molar-refractivity contribution in [2.24, 2.45) is 16.7 Å². The average molecular weight is 918 g/mol. The van der Waals surface area contributed by atoms with Gasteiger partial charge in [-0.25, -0.2) is 4.98 Å². The van der Waals surface area contributed by atoms with Crippen molar-refractivity contribution in [3.63, 3.8) is 0 Å². The van der Waals surface area contributed by atoms with Crippen LogP contribution < -0.4 is 0 Å². The second-order valence-corrected chi connectivity index (χ2v) is 18.7. The number of aliphatic hydroxyl groups excluding tert-OH is 1. The molecule has 4 heterocycles. The number of aromatic nitrogens is 2. The first-order chi connectivity index (χ1) is 23.6. The maximum absolute atomic E-state index is 12.2. The maximum atomic E-state index is 12.2. The number of carbonyl (C=O) groups is 1. The van der Waals surface area contributed by atoms with Crippen LogP contribution >= 0.6 is 34.0 Å². The summed E-state index contributed by atoms with van der Waals surface area (Å²) in [5, 5.41) is 16.1. The van der Waals surface area contributed by atoms with E-state index in [0.717, 1.165) is 53.6 Å². The second-order valence-electron chi connectivity index (χ2n) is 15.6. The molecular formula is C43H53IrN2O2S3-. The standard InChI is InChI=1S/C28H25N2S3.C15H28O2.Ir/c1-15(2)10-18-13-20-22(32-18)7-6-19-24-27(33-26(19)20)23(29-14-30-24)17-11-16-8-9-31-25(16)21(12-17)28(3,4)5;1-7-14(5,8-2)12(16)11-13(17)15(6,9-3)10-4;/h6-9,12-15H,10H2,1-5H3;11,16H,7-10H2,1-6H3;/q-1;;/b;12-11-;. The van der Waals surface area contributed by atoms with Gasteiger partial charge in [0.2, 0.25) is 0 Å². The van der Waals surface area contributed by atoms with E-state index < -0.39 is 0 Å². The number of ketones is 1. The van der Waals surface area contributed by atoms with E-state index in [-0.39, 0.29) is 47.9 Å². The summed E-state index contributed by atoms with van der Waals surface area (Å²) in [5.41, 5.74) is 3.91. The monoisotopic (exact) mass is 918 g/mol. The Balaban J connectivity index is 0.000000279. The Bertz CT molecular complexity index is 2170. The van der Waals surface area contributed by atoms with Crippen LogP contribution in [-0.2, 0) is 36.7 Å². The number of allylic oxidation sites excluding steroid dienone is 2. The van der Waals surface area contributed by atoms with Crippen LogP contribution in [0.25, 0.3) is 51.7 Å².